The van der Waals surface area contributed by atoms with Crippen LogP contribution < -0.4 is 26.1 Å². The highest BCUT2D eigenvalue weighted by Gasteiger charge is 2.46. The molecule has 3 aliphatic heterocycles. The van der Waals surface area contributed by atoms with Crippen LogP contribution in [0.15, 0.2) is 36.4 Å². The third kappa shape index (κ3) is 8.66. The van der Waals surface area contributed by atoms with E-state index in [0.29, 0.717) is 36.3 Å². The van der Waals surface area contributed by atoms with Crippen LogP contribution in [0, 0.1) is 10.1 Å². The Hall–Kier alpha value is -3.24. The van der Waals surface area contributed by atoms with Gasteiger partial charge in [-0.1, -0.05) is 31.2 Å². The van der Waals surface area contributed by atoms with Gasteiger partial charge in [-0.3, -0.25) is 14.9 Å². The van der Waals surface area contributed by atoms with Crippen molar-refractivity contribution in [2.75, 3.05) is 32.9 Å². The quantitative estimate of drug-likeness (QED) is 0.152. The molecule has 3 heterocycles. The molecule has 0 amide bonds. The van der Waals surface area contributed by atoms with Gasteiger partial charge in [0.2, 0.25) is 6.54 Å². The second-order valence-electron chi connectivity index (χ2n) is 10.9. The monoisotopic (exact) mass is 604 g/mol. The Bertz CT molecular complexity index is 1280. The largest absolute Gasteiger partial charge is 0.499 e. The lowest BCUT2D eigenvalue weighted by Crippen LogP contribution is -2.45. The van der Waals surface area contributed by atoms with E-state index in [9.17, 15) is 25.4 Å². The van der Waals surface area contributed by atoms with Crippen LogP contribution in [-0.2, 0) is 18.8 Å². The first-order valence-corrected chi connectivity index (χ1v) is 13.8. The smallest absolute Gasteiger partial charge is 0.491 e. The molecule has 2 aromatic carbocycles. The van der Waals surface area contributed by atoms with Crippen molar-refractivity contribution in [3.05, 3.63) is 57.6 Å². The summed E-state index contributed by atoms with van der Waals surface area (Å²) in [6.07, 6.45) is -0.444. The minimum atomic E-state index is -1.26. The summed E-state index contributed by atoms with van der Waals surface area (Å²) >= 11 is 0. The van der Waals surface area contributed by atoms with Gasteiger partial charge in [-0.25, -0.2) is 0 Å². The summed E-state index contributed by atoms with van der Waals surface area (Å²) in [6.45, 7) is 6.59. The van der Waals surface area contributed by atoms with Crippen molar-refractivity contribution < 1.29 is 53.5 Å². The molecule has 16 heteroatoms. The number of carbonyl (C=O) groups is 1. The topological polar surface area (TPSA) is 213 Å². The molecular weight excluding hydrogens is 566 g/mol. The van der Waals surface area contributed by atoms with E-state index in [-0.39, 0.29) is 19.3 Å². The average Bonchev–Trinajstić information content (AvgIpc) is 3.42. The number of carboxylic acids is 1. The van der Waals surface area contributed by atoms with E-state index in [4.69, 9.17) is 39.1 Å². The number of benzene rings is 2. The van der Waals surface area contributed by atoms with E-state index < -0.39 is 49.0 Å². The fourth-order valence-corrected chi connectivity index (χ4v) is 4.53. The molecule has 0 saturated carbocycles. The number of nitrogens with zero attached hydrogens (tertiary/aromatic N) is 1. The summed E-state index contributed by atoms with van der Waals surface area (Å²) in [5.74, 6) is 0.296. The van der Waals surface area contributed by atoms with Crippen LogP contribution in [0.5, 0.6) is 11.5 Å². The molecule has 0 aromatic heterocycles. The predicted molar refractivity (Wildman–Crippen MR) is 156 cm³/mol. The van der Waals surface area contributed by atoms with E-state index in [1.165, 1.54) is 0 Å². The summed E-state index contributed by atoms with van der Waals surface area (Å²) in [5.41, 5.74) is 6.84. The normalized spacial score (nSPS) is 22.8. The fourth-order valence-electron chi connectivity index (χ4n) is 4.53. The number of aliphatic carboxylic acids is 1. The number of aliphatic hydroxyl groups excluding tert-OH is 1. The Morgan fingerprint density at radius 1 is 1.21 bits per heavy atom. The molecule has 2 aromatic rings. The van der Waals surface area contributed by atoms with Crippen LogP contribution in [0.3, 0.4) is 0 Å². The molecule has 4 atom stereocenters. The van der Waals surface area contributed by atoms with Gasteiger partial charge >= 0.3 is 14.2 Å². The number of nitro groups is 1. The van der Waals surface area contributed by atoms with E-state index in [0.717, 1.165) is 23.7 Å². The minimum Gasteiger partial charge on any atom is -0.491 e. The van der Waals surface area contributed by atoms with E-state index >= 15 is 0 Å². The van der Waals surface area contributed by atoms with Crippen LogP contribution >= 0.6 is 0 Å². The summed E-state index contributed by atoms with van der Waals surface area (Å²) in [5, 5.41) is 47.4. The standard InChI is InChI=1S/C13H18BNO6.C12H16BNO4.C2H4O2/c1-3-13(2,16)8-20-10-6-4-5-9-11(7-15(18)19)21-14(17)12(9)10;1-12(6-15)7-16-9-4-2-3-8-10(5-14)17-13(18-12)11(8)9;1-2(3)4/h4-6,11,16-17H,3,7-8H2,1-2H3;2-4,10,15H,5-7,14H2,1H3;1H3,(H,3,4). The number of hydrogen-bond acceptors (Lipinski definition) is 12. The van der Waals surface area contributed by atoms with Crippen LogP contribution in [0.1, 0.15) is 57.5 Å². The van der Waals surface area contributed by atoms with Crippen molar-refractivity contribution in [1.29, 1.82) is 0 Å². The third-order valence-corrected chi connectivity index (χ3v) is 7.05. The Balaban J connectivity index is 0.000000211. The van der Waals surface area contributed by atoms with Crippen molar-refractivity contribution in [3.8, 4) is 11.5 Å². The molecule has 14 nitrogen and oxygen atoms in total. The number of aliphatic hydroxyl groups is 2. The molecule has 43 heavy (non-hydrogen) atoms. The SMILES string of the molecule is CC(=O)O.CC1(CO)COc2cccc3c2B(OC3CN)O1.CCC(C)(O)COc1cccc2c1B(O)OC2C[N+](=O)[O-]. The molecule has 4 unspecified atom stereocenters. The van der Waals surface area contributed by atoms with Gasteiger partial charge in [0.05, 0.1) is 18.3 Å². The van der Waals surface area contributed by atoms with Crippen LogP contribution in [-0.4, -0.2) is 89.6 Å². The molecule has 0 saturated heterocycles. The van der Waals surface area contributed by atoms with Gasteiger partial charge in [0, 0.05) is 29.3 Å². The maximum atomic E-state index is 10.6. The number of rotatable bonds is 8. The zero-order valence-corrected chi connectivity index (χ0v) is 24.6. The summed E-state index contributed by atoms with van der Waals surface area (Å²) in [6, 6.07) is 10.8. The number of ether oxygens (including phenoxy) is 2. The highest BCUT2D eigenvalue weighted by molar-refractivity contribution is 6.64. The lowest BCUT2D eigenvalue weighted by Gasteiger charge is -2.27. The zero-order valence-electron chi connectivity index (χ0n) is 24.6. The molecule has 0 spiro atoms. The van der Waals surface area contributed by atoms with Crippen molar-refractivity contribution >= 4 is 31.1 Å². The predicted octanol–water partition coefficient (Wildman–Crippen LogP) is -0.0754. The van der Waals surface area contributed by atoms with Crippen molar-refractivity contribution in [2.24, 2.45) is 5.73 Å². The molecular formula is C27H38B2N2O12. The van der Waals surface area contributed by atoms with Crippen LogP contribution in [0.4, 0.5) is 0 Å². The molecule has 6 N–H and O–H groups in total. The van der Waals surface area contributed by atoms with Gasteiger partial charge in [-0.05, 0) is 43.5 Å². The molecule has 0 radical (unpaired) electrons. The van der Waals surface area contributed by atoms with Gasteiger partial charge in [-0.2, -0.15) is 0 Å². The van der Waals surface area contributed by atoms with Crippen molar-refractivity contribution in [3.63, 3.8) is 0 Å². The van der Waals surface area contributed by atoms with Crippen molar-refractivity contribution in [2.45, 2.75) is 57.5 Å². The Labute approximate surface area is 250 Å². The summed E-state index contributed by atoms with van der Waals surface area (Å²) in [4.78, 5) is 19.1. The van der Waals surface area contributed by atoms with Gasteiger partial charge in [0.25, 0.3) is 5.97 Å². The van der Waals surface area contributed by atoms with Gasteiger partial charge in [0.15, 0.2) is 0 Å². The maximum absolute atomic E-state index is 10.6. The van der Waals surface area contributed by atoms with Crippen LogP contribution in [0.2, 0.25) is 0 Å². The summed E-state index contributed by atoms with van der Waals surface area (Å²) in [7, 11) is -1.77. The lowest BCUT2D eigenvalue weighted by molar-refractivity contribution is -0.490. The van der Waals surface area contributed by atoms with E-state index in [1.54, 1.807) is 32.0 Å². The van der Waals surface area contributed by atoms with Gasteiger partial charge < -0.3 is 49.5 Å². The Morgan fingerprint density at radius 3 is 2.42 bits per heavy atom. The second kappa shape index (κ2) is 14.5. The van der Waals surface area contributed by atoms with Crippen LogP contribution in [0.25, 0.3) is 0 Å². The van der Waals surface area contributed by atoms with Gasteiger partial charge in [-0.15, -0.1) is 0 Å². The Kier molecular flexibility index (Phi) is 11.5. The first-order chi connectivity index (χ1) is 20.2. The zero-order chi connectivity index (χ0) is 31.9. The molecule has 0 bridgehead atoms. The average molecular weight is 604 g/mol. The first-order valence-electron chi connectivity index (χ1n) is 13.8. The first kappa shape index (κ1) is 34.3. The number of nitrogens with two attached hydrogens (primary N) is 1. The van der Waals surface area contributed by atoms with E-state index in [2.05, 4.69) is 0 Å². The summed E-state index contributed by atoms with van der Waals surface area (Å²) < 4.78 is 28.2. The third-order valence-electron chi connectivity index (χ3n) is 7.05. The molecule has 0 aliphatic carbocycles. The number of carboxylic acid groups (broad SMARTS) is 1. The second-order valence-corrected chi connectivity index (χ2v) is 10.9. The number of fused-ring (bicyclic) bond motifs is 1. The van der Waals surface area contributed by atoms with Crippen molar-refractivity contribution in [1.82, 2.24) is 0 Å². The van der Waals surface area contributed by atoms with E-state index in [1.807, 2.05) is 25.1 Å². The molecule has 0 fully saturated rings. The molecule has 5 rings (SSSR count). The lowest BCUT2D eigenvalue weighted by atomic mass is 9.77. The molecule has 234 valence electrons. The number of hydrogen-bond donors (Lipinski definition) is 5. The molecule has 3 aliphatic rings. The Morgan fingerprint density at radius 2 is 1.84 bits per heavy atom. The minimum absolute atomic E-state index is 0.0621. The highest BCUT2D eigenvalue weighted by Crippen LogP contribution is 2.32. The fraction of sp³-hybridized carbons (Fsp3) is 0.519. The maximum Gasteiger partial charge on any atom is 0.499 e. The van der Waals surface area contributed by atoms with Gasteiger partial charge in [0.1, 0.15) is 36.4 Å². The highest BCUT2D eigenvalue weighted by atomic mass is 16.6.